The van der Waals surface area contributed by atoms with Crippen LogP contribution in [0.25, 0.3) is 22.1 Å². The molecule has 1 fully saturated rings. The van der Waals surface area contributed by atoms with Gasteiger partial charge in [0.25, 0.3) is 0 Å². The highest BCUT2D eigenvalue weighted by atomic mass is 32.2. The van der Waals surface area contributed by atoms with E-state index in [4.69, 9.17) is 0 Å². The summed E-state index contributed by atoms with van der Waals surface area (Å²) in [7, 11) is -3.88. The van der Waals surface area contributed by atoms with E-state index in [1.165, 1.54) is 0 Å². The van der Waals surface area contributed by atoms with Crippen molar-refractivity contribution in [2.24, 2.45) is 5.92 Å². The van der Waals surface area contributed by atoms with E-state index in [0.717, 1.165) is 30.3 Å². The van der Waals surface area contributed by atoms with E-state index in [0.29, 0.717) is 23.1 Å². The van der Waals surface area contributed by atoms with E-state index in [1.54, 1.807) is 37.6 Å². The Kier molecular flexibility index (Phi) is 4.90. The number of H-pyrrole nitrogens is 1. The Morgan fingerprint density at radius 3 is 2.84 bits per heavy atom. The summed E-state index contributed by atoms with van der Waals surface area (Å²) < 4.78 is 29.3. The van der Waals surface area contributed by atoms with Crippen LogP contribution in [0.15, 0.2) is 52.8 Å². The third-order valence-corrected chi connectivity index (χ3v) is 8.21. The van der Waals surface area contributed by atoms with E-state index < -0.39 is 9.84 Å². The van der Waals surface area contributed by atoms with Crippen LogP contribution in [0.5, 0.6) is 0 Å². The molecule has 164 valence electrons. The predicted octanol–water partition coefficient (Wildman–Crippen LogP) is 3.70. The molecule has 1 aliphatic rings. The highest BCUT2D eigenvalue weighted by Crippen LogP contribution is 2.34. The molecule has 3 aromatic heterocycles. The second-order valence-electron chi connectivity index (χ2n) is 8.36. The van der Waals surface area contributed by atoms with Gasteiger partial charge in [-0.15, -0.1) is 0 Å². The van der Waals surface area contributed by atoms with Crippen LogP contribution in [0.1, 0.15) is 31.7 Å². The second-order valence-corrected chi connectivity index (χ2v) is 10.2. The first kappa shape index (κ1) is 20.5. The minimum Gasteiger partial charge on any atom is -0.346 e. The summed E-state index contributed by atoms with van der Waals surface area (Å²) in [5.41, 5.74) is 2.25. The Labute approximate surface area is 186 Å². The molecule has 2 atom stereocenters. The molecule has 1 unspecified atom stereocenters. The van der Waals surface area contributed by atoms with Gasteiger partial charge in [-0.1, -0.05) is 25.1 Å². The standard InChI is InChI=1S/C23H24N6O2S/c1-3-17-12-16(8-10-24)13-28(17)29-14-26-20-21(29)18-9-11-25-22(18)27-23(20)32(30,31)19-7-5-4-6-15(19)2/h4-7,9,11,14,16-17H,3,8,12-13H2,1-2H3,(H,25,27)/t16?,17-/m1/s1. The highest BCUT2D eigenvalue weighted by Gasteiger charge is 2.34. The maximum absolute atomic E-state index is 13.6. The molecule has 1 aromatic carbocycles. The Morgan fingerprint density at radius 1 is 1.28 bits per heavy atom. The first-order valence-electron chi connectivity index (χ1n) is 10.7. The summed E-state index contributed by atoms with van der Waals surface area (Å²) in [6.45, 7) is 4.64. The lowest BCUT2D eigenvalue weighted by molar-refractivity contribution is 0.530. The molecule has 1 N–H and O–H groups in total. The van der Waals surface area contributed by atoms with E-state index in [1.807, 2.05) is 16.8 Å². The number of aromatic nitrogens is 4. The molecule has 1 aliphatic heterocycles. The van der Waals surface area contributed by atoms with Crippen molar-refractivity contribution in [1.82, 2.24) is 19.6 Å². The number of fused-ring (bicyclic) bond motifs is 3. The van der Waals surface area contributed by atoms with Gasteiger partial charge >= 0.3 is 0 Å². The zero-order chi connectivity index (χ0) is 22.5. The Morgan fingerprint density at radius 2 is 2.09 bits per heavy atom. The Balaban J connectivity index is 1.74. The second kappa shape index (κ2) is 7.64. The van der Waals surface area contributed by atoms with Gasteiger partial charge in [0, 0.05) is 30.6 Å². The molecule has 0 amide bonds. The van der Waals surface area contributed by atoms with Crippen LogP contribution in [0, 0.1) is 24.2 Å². The van der Waals surface area contributed by atoms with Crippen molar-refractivity contribution in [2.75, 3.05) is 11.6 Å². The fourth-order valence-electron chi connectivity index (χ4n) is 4.80. The monoisotopic (exact) mass is 448 g/mol. The third kappa shape index (κ3) is 3.06. The topological polar surface area (TPSA) is 108 Å². The predicted molar refractivity (Wildman–Crippen MR) is 122 cm³/mol. The largest absolute Gasteiger partial charge is 0.346 e. The van der Waals surface area contributed by atoms with Crippen LogP contribution in [0.2, 0.25) is 0 Å². The van der Waals surface area contributed by atoms with Gasteiger partial charge in [0.1, 0.15) is 23.0 Å². The van der Waals surface area contributed by atoms with Gasteiger partial charge in [0.05, 0.1) is 11.0 Å². The molecule has 5 rings (SSSR count). The van der Waals surface area contributed by atoms with Crippen molar-refractivity contribution >= 4 is 31.9 Å². The molecule has 0 bridgehead atoms. The minimum absolute atomic E-state index is 0.0451. The number of nitriles is 1. The maximum Gasteiger partial charge on any atom is 0.226 e. The molecule has 0 saturated carbocycles. The number of imidazole rings is 1. The van der Waals surface area contributed by atoms with Crippen molar-refractivity contribution in [3.8, 4) is 6.07 Å². The molecular weight excluding hydrogens is 424 g/mol. The van der Waals surface area contributed by atoms with Gasteiger partial charge in [-0.05, 0) is 43.4 Å². The fourth-order valence-corrected chi connectivity index (χ4v) is 6.38. The van der Waals surface area contributed by atoms with E-state index in [-0.39, 0.29) is 21.9 Å². The van der Waals surface area contributed by atoms with Crippen LogP contribution in [-0.4, -0.2) is 40.6 Å². The fraction of sp³-hybridized carbons (Fsp3) is 0.348. The van der Waals surface area contributed by atoms with Gasteiger partial charge < -0.3 is 9.99 Å². The lowest BCUT2D eigenvalue weighted by Crippen LogP contribution is -2.38. The minimum atomic E-state index is -3.88. The Bertz CT molecular complexity index is 1460. The summed E-state index contributed by atoms with van der Waals surface area (Å²) in [6, 6.07) is 11.4. The van der Waals surface area contributed by atoms with Crippen molar-refractivity contribution in [2.45, 2.75) is 49.1 Å². The highest BCUT2D eigenvalue weighted by molar-refractivity contribution is 7.91. The molecule has 32 heavy (non-hydrogen) atoms. The van der Waals surface area contributed by atoms with Gasteiger partial charge in [-0.2, -0.15) is 5.26 Å². The number of hydrogen-bond acceptors (Lipinski definition) is 6. The number of sulfone groups is 1. The van der Waals surface area contributed by atoms with Crippen molar-refractivity contribution in [3.05, 3.63) is 48.4 Å². The molecule has 4 heterocycles. The normalized spacial score (nSPS) is 19.1. The van der Waals surface area contributed by atoms with Crippen LogP contribution >= 0.6 is 0 Å². The molecule has 8 nitrogen and oxygen atoms in total. The summed E-state index contributed by atoms with van der Waals surface area (Å²) in [5, 5.41) is 12.2. The summed E-state index contributed by atoms with van der Waals surface area (Å²) in [5.74, 6) is 0.279. The lowest BCUT2D eigenvalue weighted by atomic mass is 10.0. The zero-order valence-electron chi connectivity index (χ0n) is 18.0. The molecule has 9 heteroatoms. The number of aromatic amines is 1. The van der Waals surface area contributed by atoms with E-state index in [2.05, 4.69) is 33.0 Å². The number of pyridine rings is 1. The average Bonchev–Trinajstić information content (AvgIpc) is 3.50. The van der Waals surface area contributed by atoms with Gasteiger partial charge in [0.2, 0.25) is 9.84 Å². The van der Waals surface area contributed by atoms with Crippen LogP contribution in [-0.2, 0) is 9.84 Å². The van der Waals surface area contributed by atoms with Crippen LogP contribution in [0.4, 0.5) is 0 Å². The molecule has 0 radical (unpaired) electrons. The molecule has 0 spiro atoms. The molecule has 4 aromatic rings. The lowest BCUT2D eigenvalue weighted by Gasteiger charge is -2.27. The summed E-state index contributed by atoms with van der Waals surface area (Å²) >= 11 is 0. The smallest absolute Gasteiger partial charge is 0.226 e. The summed E-state index contributed by atoms with van der Waals surface area (Å²) in [6.07, 6.45) is 5.82. The van der Waals surface area contributed by atoms with Crippen LogP contribution < -0.4 is 5.01 Å². The van der Waals surface area contributed by atoms with Crippen molar-refractivity contribution in [1.29, 1.82) is 5.26 Å². The molecule has 1 saturated heterocycles. The van der Waals surface area contributed by atoms with Crippen molar-refractivity contribution in [3.63, 3.8) is 0 Å². The van der Waals surface area contributed by atoms with Gasteiger partial charge in [0.15, 0.2) is 5.03 Å². The average molecular weight is 449 g/mol. The van der Waals surface area contributed by atoms with E-state index >= 15 is 0 Å². The first-order valence-corrected chi connectivity index (χ1v) is 12.2. The SMILES string of the molecule is CC[C@@H]1CC(CC#N)CN1n1cnc2c(S(=O)(=O)c3ccccc3C)nc3[nH]ccc3c21. The van der Waals surface area contributed by atoms with Crippen molar-refractivity contribution < 1.29 is 8.42 Å². The number of nitrogens with zero attached hydrogens (tertiary/aromatic N) is 5. The first-order chi connectivity index (χ1) is 15.5. The van der Waals surface area contributed by atoms with E-state index in [9.17, 15) is 13.7 Å². The number of aryl methyl sites for hydroxylation is 1. The van der Waals surface area contributed by atoms with Gasteiger partial charge in [-0.25, -0.2) is 23.1 Å². The number of rotatable bonds is 5. The summed E-state index contributed by atoms with van der Waals surface area (Å²) in [4.78, 5) is 12.4. The zero-order valence-corrected chi connectivity index (χ0v) is 18.8. The Hall–Kier alpha value is -3.38. The maximum atomic E-state index is 13.6. The number of nitrogens with one attached hydrogen (secondary N) is 1. The quantitative estimate of drug-likeness (QED) is 0.499. The van der Waals surface area contributed by atoms with Crippen LogP contribution in [0.3, 0.4) is 0 Å². The molecular formula is C23H24N6O2S. The van der Waals surface area contributed by atoms with Gasteiger partial charge in [-0.3, -0.25) is 0 Å². The number of hydrogen-bond donors (Lipinski definition) is 1. The molecule has 0 aliphatic carbocycles. The number of benzene rings is 1. The third-order valence-electron chi connectivity index (χ3n) is 6.38.